The van der Waals surface area contributed by atoms with E-state index in [2.05, 4.69) is 12.3 Å². The summed E-state index contributed by atoms with van der Waals surface area (Å²) in [5, 5.41) is 9.19. The van der Waals surface area contributed by atoms with Crippen molar-refractivity contribution in [3.05, 3.63) is 21.9 Å². The molecule has 1 rings (SSSR count). The van der Waals surface area contributed by atoms with Crippen LogP contribution in [0.25, 0.3) is 0 Å². The zero-order valence-electron chi connectivity index (χ0n) is 9.10. The van der Waals surface area contributed by atoms with Gasteiger partial charge in [-0.05, 0) is 18.6 Å². The molecule has 0 bridgehead atoms. The minimum absolute atomic E-state index is 0.222. The van der Waals surface area contributed by atoms with E-state index in [0.717, 1.165) is 17.1 Å². The van der Waals surface area contributed by atoms with Crippen molar-refractivity contribution < 1.29 is 9.90 Å². The minimum Gasteiger partial charge on any atom is -0.396 e. The predicted molar refractivity (Wildman–Crippen MR) is 68.4 cm³/mol. The molecule has 0 aliphatic carbocycles. The number of rotatable bonds is 6. The third-order valence-corrected chi connectivity index (χ3v) is 4.61. The van der Waals surface area contributed by atoms with E-state index in [1.54, 1.807) is 17.8 Å². The van der Waals surface area contributed by atoms with E-state index in [4.69, 9.17) is 10.9 Å². The van der Waals surface area contributed by atoms with Crippen LogP contribution in [-0.2, 0) is 5.75 Å². The number of hydrazine groups is 1. The van der Waals surface area contributed by atoms with Crippen LogP contribution in [0.4, 0.5) is 0 Å². The Hall–Kier alpha value is -0.560. The topological polar surface area (TPSA) is 75.3 Å². The number of hydrogen-bond donors (Lipinski definition) is 3. The highest BCUT2D eigenvalue weighted by atomic mass is 32.2. The number of aliphatic hydroxyl groups excluding tert-OH is 1. The van der Waals surface area contributed by atoms with Crippen LogP contribution in [0.1, 0.15) is 27.9 Å². The van der Waals surface area contributed by atoms with E-state index >= 15 is 0 Å². The Bertz CT molecular complexity index is 341. The first kappa shape index (κ1) is 13.5. The molecule has 1 aromatic rings. The Kier molecular flexibility index (Phi) is 5.83. The van der Waals surface area contributed by atoms with E-state index < -0.39 is 0 Å². The zero-order valence-corrected chi connectivity index (χ0v) is 10.7. The van der Waals surface area contributed by atoms with Crippen molar-refractivity contribution in [1.29, 1.82) is 0 Å². The van der Waals surface area contributed by atoms with Crippen LogP contribution in [0.5, 0.6) is 0 Å². The first-order chi connectivity index (χ1) is 7.67. The third kappa shape index (κ3) is 4.13. The van der Waals surface area contributed by atoms with Gasteiger partial charge in [0, 0.05) is 22.5 Å². The average Bonchev–Trinajstić information content (AvgIpc) is 2.74. The van der Waals surface area contributed by atoms with Crippen molar-refractivity contribution >= 4 is 29.0 Å². The number of aliphatic hydroxyl groups is 1. The number of carbonyl (C=O) groups is 1. The van der Waals surface area contributed by atoms with E-state index in [1.165, 1.54) is 11.3 Å². The summed E-state index contributed by atoms with van der Waals surface area (Å²) >= 11 is 3.22. The number of thiophene rings is 1. The molecule has 1 aromatic heterocycles. The van der Waals surface area contributed by atoms with Gasteiger partial charge in [-0.25, -0.2) is 5.84 Å². The summed E-state index contributed by atoms with van der Waals surface area (Å²) < 4.78 is 0. The number of nitrogen functional groups attached to an aromatic ring is 1. The van der Waals surface area contributed by atoms with Gasteiger partial charge in [0.2, 0.25) is 0 Å². The summed E-state index contributed by atoms with van der Waals surface area (Å²) in [6, 6.07) is 3.72. The van der Waals surface area contributed by atoms with Crippen LogP contribution >= 0.6 is 23.1 Å². The summed E-state index contributed by atoms with van der Waals surface area (Å²) in [5.74, 6) is 5.67. The molecule has 0 fully saturated rings. The van der Waals surface area contributed by atoms with Crippen LogP contribution in [0.2, 0.25) is 0 Å². The Morgan fingerprint density at radius 1 is 1.69 bits per heavy atom. The lowest BCUT2D eigenvalue weighted by atomic mass is 10.3. The van der Waals surface area contributed by atoms with Crippen LogP contribution < -0.4 is 11.3 Å². The maximum atomic E-state index is 11.2. The van der Waals surface area contributed by atoms with Gasteiger partial charge < -0.3 is 5.11 Å². The number of thioether (sulfide) groups is 1. The highest BCUT2D eigenvalue weighted by Gasteiger charge is 2.08. The maximum Gasteiger partial charge on any atom is 0.275 e. The third-order valence-electron chi connectivity index (χ3n) is 2.06. The minimum atomic E-state index is -0.246. The lowest BCUT2D eigenvalue weighted by Crippen LogP contribution is -2.29. The van der Waals surface area contributed by atoms with Gasteiger partial charge in [0.05, 0.1) is 4.88 Å². The number of nitrogens with two attached hydrogens (primary N) is 1. The molecule has 1 heterocycles. The summed E-state index contributed by atoms with van der Waals surface area (Å²) in [4.78, 5) is 13.0. The fourth-order valence-corrected chi connectivity index (χ4v) is 3.10. The van der Waals surface area contributed by atoms with Crippen LogP contribution in [0, 0.1) is 0 Å². The Morgan fingerprint density at radius 2 is 2.44 bits per heavy atom. The monoisotopic (exact) mass is 260 g/mol. The second-order valence-electron chi connectivity index (χ2n) is 3.37. The van der Waals surface area contributed by atoms with Crippen molar-refractivity contribution in [3.63, 3.8) is 0 Å². The van der Waals surface area contributed by atoms with Crippen molar-refractivity contribution in [1.82, 2.24) is 5.43 Å². The quantitative estimate of drug-likeness (QED) is 0.410. The molecule has 0 spiro atoms. The maximum absolute atomic E-state index is 11.2. The van der Waals surface area contributed by atoms with E-state index in [9.17, 15) is 4.79 Å². The molecule has 4 nitrogen and oxygen atoms in total. The fraction of sp³-hybridized carbons (Fsp3) is 0.500. The molecule has 0 radical (unpaired) electrons. The predicted octanol–water partition coefficient (Wildman–Crippen LogP) is 1.36. The smallest absolute Gasteiger partial charge is 0.275 e. The highest BCUT2D eigenvalue weighted by Crippen LogP contribution is 2.25. The molecule has 0 saturated heterocycles. The van der Waals surface area contributed by atoms with Crippen LogP contribution in [-0.4, -0.2) is 22.9 Å². The summed E-state index contributed by atoms with van der Waals surface area (Å²) in [5.41, 5.74) is 2.11. The standard InChI is InChI=1S/C10H16N2O2S2/c1-7(4-5-13)15-6-8-2-3-9(16-8)10(14)12-11/h2-3,7,13H,4-6,11H2,1H3,(H,12,14). The number of nitrogens with one attached hydrogen (secondary N) is 1. The summed E-state index contributed by atoms with van der Waals surface area (Å²) in [7, 11) is 0. The Balaban J connectivity index is 2.43. The molecule has 0 aliphatic rings. The van der Waals surface area contributed by atoms with Gasteiger partial charge in [-0.3, -0.25) is 10.2 Å². The SMILES string of the molecule is CC(CCO)SCc1ccc(C(=O)NN)s1. The lowest BCUT2D eigenvalue weighted by Gasteiger charge is -2.07. The Morgan fingerprint density at radius 3 is 3.06 bits per heavy atom. The van der Waals surface area contributed by atoms with Gasteiger partial charge in [-0.2, -0.15) is 11.8 Å². The van der Waals surface area contributed by atoms with Crippen LogP contribution in [0.3, 0.4) is 0 Å². The van der Waals surface area contributed by atoms with Crippen molar-refractivity contribution in [2.24, 2.45) is 5.84 Å². The van der Waals surface area contributed by atoms with E-state index in [-0.39, 0.29) is 12.5 Å². The van der Waals surface area contributed by atoms with Crippen molar-refractivity contribution in [3.8, 4) is 0 Å². The lowest BCUT2D eigenvalue weighted by molar-refractivity contribution is 0.0957. The molecule has 0 aromatic carbocycles. The van der Waals surface area contributed by atoms with Gasteiger partial charge in [-0.1, -0.05) is 6.92 Å². The molecule has 4 N–H and O–H groups in total. The fourth-order valence-electron chi connectivity index (χ4n) is 1.14. The van der Waals surface area contributed by atoms with Gasteiger partial charge in [-0.15, -0.1) is 11.3 Å². The highest BCUT2D eigenvalue weighted by molar-refractivity contribution is 7.99. The zero-order chi connectivity index (χ0) is 12.0. The van der Waals surface area contributed by atoms with E-state index in [1.807, 2.05) is 6.07 Å². The average molecular weight is 260 g/mol. The molecule has 1 atom stereocenters. The molecule has 0 aliphatic heterocycles. The molecular formula is C10H16N2O2S2. The van der Waals surface area contributed by atoms with Crippen molar-refractivity contribution in [2.75, 3.05) is 6.61 Å². The molecule has 1 unspecified atom stereocenters. The second-order valence-corrected chi connectivity index (χ2v) is 5.97. The Labute approximate surface area is 103 Å². The van der Waals surface area contributed by atoms with Gasteiger partial charge >= 0.3 is 0 Å². The largest absolute Gasteiger partial charge is 0.396 e. The summed E-state index contributed by atoms with van der Waals surface area (Å²) in [6.07, 6.45) is 0.798. The number of carbonyl (C=O) groups excluding carboxylic acids is 1. The number of amides is 1. The molecule has 16 heavy (non-hydrogen) atoms. The summed E-state index contributed by atoms with van der Waals surface area (Å²) in [6.45, 7) is 2.31. The molecule has 0 saturated carbocycles. The van der Waals surface area contributed by atoms with E-state index in [0.29, 0.717) is 10.1 Å². The van der Waals surface area contributed by atoms with Gasteiger partial charge in [0.15, 0.2) is 0 Å². The number of hydrogen-bond acceptors (Lipinski definition) is 5. The second kappa shape index (κ2) is 6.90. The molecule has 90 valence electrons. The van der Waals surface area contributed by atoms with Gasteiger partial charge in [0.25, 0.3) is 5.91 Å². The van der Waals surface area contributed by atoms with Crippen molar-refractivity contribution in [2.45, 2.75) is 24.3 Å². The first-order valence-electron chi connectivity index (χ1n) is 4.99. The van der Waals surface area contributed by atoms with Gasteiger partial charge in [0.1, 0.15) is 0 Å². The molecule has 1 amide bonds. The molecule has 6 heteroatoms. The normalized spacial score (nSPS) is 12.4. The molecular weight excluding hydrogens is 244 g/mol. The first-order valence-corrected chi connectivity index (χ1v) is 6.86. The van der Waals surface area contributed by atoms with Crippen LogP contribution in [0.15, 0.2) is 12.1 Å².